The molecular weight excluding hydrogens is 388 g/mol. The van der Waals surface area contributed by atoms with Gasteiger partial charge in [0, 0.05) is 12.6 Å². The summed E-state index contributed by atoms with van der Waals surface area (Å²) in [5, 5.41) is 5.88. The molecule has 2 heterocycles. The highest BCUT2D eigenvalue weighted by atomic mass is 16.6. The van der Waals surface area contributed by atoms with E-state index in [-0.39, 0.29) is 18.0 Å². The monoisotopic (exact) mass is 416 g/mol. The Balaban J connectivity index is 1.25. The number of benzene rings is 3. The first-order valence-electron chi connectivity index (χ1n) is 11.1. The highest BCUT2D eigenvalue weighted by molar-refractivity contribution is 5.83. The van der Waals surface area contributed by atoms with Gasteiger partial charge in [0.25, 0.3) is 0 Å². The minimum absolute atomic E-state index is 0.0982. The number of nitrogens with one attached hydrogen (secondary N) is 1. The third-order valence-electron chi connectivity index (χ3n) is 6.36. The molecule has 2 atom stereocenters. The number of carbonyl (C=O) groups is 1. The van der Waals surface area contributed by atoms with Gasteiger partial charge in [-0.15, -0.1) is 0 Å². The van der Waals surface area contributed by atoms with E-state index >= 15 is 0 Å². The first-order chi connectivity index (χ1) is 15.2. The minimum atomic E-state index is 0.0982. The van der Waals surface area contributed by atoms with E-state index in [9.17, 15) is 4.79 Å². The molecule has 31 heavy (non-hydrogen) atoms. The summed E-state index contributed by atoms with van der Waals surface area (Å²) in [5.41, 5.74) is 2.31. The largest absolute Gasteiger partial charge is 0.486 e. The first kappa shape index (κ1) is 19.9. The molecular formula is C26H28N2O3. The highest BCUT2D eigenvalue weighted by Crippen LogP contribution is 2.38. The van der Waals surface area contributed by atoms with Crippen molar-refractivity contribution in [3.05, 3.63) is 71.8 Å². The van der Waals surface area contributed by atoms with Crippen molar-refractivity contribution in [3.63, 3.8) is 0 Å². The topological polar surface area (TPSA) is 50.8 Å². The molecule has 1 amide bonds. The number of hydrogen-bond donors (Lipinski definition) is 1. The fraction of sp³-hybridized carbons (Fsp3) is 0.346. The summed E-state index contributed by atoms with van der Waals surface area (Å²) in [6.45, 7) is 4.39. The van der Waals surface area contributed by atoms with Gasteiger partial charge in [0.1, 0.15) is 13.2 Å². The normalized spacial score (nSPS) is 18.9. The van der Waals surface area contributed by atoms with Gasteiger partial charge in [0.15, 0.2) is 11.5 Å². The van der Waals surface area contributed by atoms with E-state index in [0.717, 1.165) is 36.4 Å². The Labute approximate surface area is 183 Å². The van der Waals surface area contributed by atoms with Gasteiger partial charge in [0.2, 0.25) is 5.91 Å². The maximum atomic E-state index is 13.1. The van der Waals surface area contributed by atoms with Gasteiger partial charge in [-0.3, -0.25) is 4.79 Å². The van der Waals surface area contributed by atoms with Crippen molar-refractivity contribution in [2.45, 2.75) is 31.8 Å². The van der Waals surface area contributed by atoms with Crippen LogP contribution < -0.4 is 14.8 Å². The molecule has 2 aliphatic heterocycles. The lowest BCUT2D eigenvalue weighted by atomic mass is 10.0. The SMILES string of the molecule is C[C@H](NCC(=O)N1CCC[C@H]1c1ccc2c(c1)OCCO2)c1ccc2ccccc2c1. The summed E-state index contributed by atoms with van der Waals surface area (Å²) in [6.07, 6.45) is 2.00. The molecule has 0 saturated carbocycles. The first-order valence-corrected chi connectivity index (χ1v) is 11.1. The predicted molar refractivity (Wildman–Crippen MR) is 121 cm³/mol. The lowest BCUT2D eigenvalue weighted by Crippen LogP contribution is -2.38. The number of hydrogen-bond acceptors (Lipinski definition) is 4. The van der Waals surface area contributed by atoms with Crippen molar-refractivity contribution >= 4 is 16.7 Å². The van der Waals surface area contributed by atoms with Gasteiger partial charge in [-0.25, -0.2) is 0 Å². The van der Waals surface area contributed by atoms with E-state index in [4.69, 9.17) is 9.47 Å². The fourth-order valence-corrected chi connectivity index (χ4v) is 4.62. The smallest absolute Gasteiger partial charge is 0.237 e. The zero-order valence-electron chi connectivity index (χ0n) is 17.8. The number of nitrogens with zero attached hydrogens (tertiary/aromatic N) is 1. The van der Waals surface area contributed by atoms with Crippen LogP contribution >= 0.6 is 0 Å². The fourth-order valence-electron chi connectivity index (χ4n) is 4.62. The van der Waals surface area contributed by atoms with Crippen LogP contribution in [0, 0.1) is 0 Å². The van der Waals surface area contributed by atoms with Crippen molar-refractivity contribution in [2.75, 3.05) is 26.3 Å². The summed E-state index contributed by atoms with van der Waals surface area (Å²) in [5.74, 6) is 1.72. The van der Waals surface area contributed by atoms with Gasteiger partial charge in [-0.05, 0) is 59.9 Å². The van der Waals surface area contributed by atoms with Crippen molar-refractivity contribution < 1.29 is 14.3 Å². The summed E-state index contributed by atoms with van der Waals surface area (Å²) in [6, 6.07) is 21.1. The molecule has 5 nitrogen and oxygen atoms in total. The van der Waals surface area contributed by atoms with Gasteiger partial charge in [-0.2, -0.15) is 0 Å². The molecule has 3 aromatic carbocycles. The van der Waals surface area contributed by atoms with Crippen LogP contribution in [0.25, 0.3) is 10.8 Å². The zero-order chi connectivity index (χ0) is 21.2. The van der Waals surface area contributed by atoms with Crippen LogP contribution in [0.3, 0.4) is 0 Å². The Morgan fingerprint density at radius 1 is 1.03 bits per heavy atom. The molecule has 2 aliphatic rings. The molecule has 0 bridgehead atoms. The Kier molecular flexibility index (Phi) is 5.51. The lowest BCUT2D eigenvalue weighted by molar-refractivity contribution is -0.131. The lowest BCUT2D eigenvalue weighted by Gasteiger charge is -2.27. The zero-order valence-corrected chi connectivity index (χ0v) is 17.8. The predicted octanol–water partition coefficient (Wildman–Crippen LogP) is 4.63. The Hall–Kier alpha value is -3.05. The second kappa shape index (κ2) is 8.60. The van der Waals surface area contributed by atoms with E-state index in [2.05, 4.69) is 60.8 Å². The number of fused-ring (bicyclic) bond motifs is 2. The summed E-state index contributed by atoms with van der Waals surface area (Å²) >= 11 is 0. The van der Waals surface area contributed by atoms with Crippen molar-refractivity contribution in [3.8, 4) is 11.5 Å². The van der Waals surface area contributed by atoms with E-state index in [1.54, 1.807) is 0 Å². The molecule has 1 saturated heterocycles. The molecule has 0 aromatic heterocycles. The third kappa shape index (κ3) is 4.10. The molecule has 1 fully saturated rings. The van der Waals surface area contributed by atoms with Crippen LogP contribution in [0.2, 0.25) is 0 Å². The molecule has 0 radical (unpaired) electrons. The average Bonchev–Trinajstić information content (AvgIpc) is 3.32. The van der Waals surface area contributed by atoms with E-state index < -0.39 is 0 Å². The van der Waals surface area contributed by atoms with Crippen LogP contribution in [0.5, 0.6) is 11.5 Å². The second-order valence-electron chi connectivity index (χ2n) is 8.36. The summed E-state index contributed by atoms with van der Waals surface area (Å²) in [4.78, 5) is 15.1. The van der Waals surface area contributed by atoms with E-state index in [1.807, 2.05) is 17.0 Å². The summed E-state index contributed by atoms with van der Waals surface area (Å²) in [7, 11) is 0. The molecule has 0 unspecified atom stereocenters. The van der Waals surface area contributed by atoms with Gasteiger partial charge in [-0.1, -0.05) is 42.5 Å². The molecule has 160 valence electrons. The molecule has 3 aromatic rings. The van der Waals surface area contributed by atoms with E-state index in [1.165, 1.54) is 16.3 Å². The standard InChI is InChI=1S/C26H28N2O3/c1-18(20-9-8-19-5-2-3-6-21(19)15-20)27-17-26(29)28-12-4-7-23(28)22-10-11-24-25(16-22)31-14-13-30-24/h2-3,5-6,8-11,15-16,18,23,27H,4,7,12-14,17H2,1H3/t18-,23-/m0/s1. The van der Waals surface area contributed by atoms with E-state index in [0.29, 0.717) is 19.8 Å². The van der Waals surface area contributed by atoms with Crippen LogP contribution in [0.15, 0.2) is 60.7 Å². The van der Waals surface area contributed by atoms with Crippen molar-refractivity contribution in [1.82, 2.24) is 10.2 Å². The van der Waals surface area contributed by atoms with Gasteiger partial charge < -0.3 is 19.7 Å². The van der Waals surface area contributed by atoms with Gasteiger partial charge >= 0.3 is 0 Å². The molecule has 1 N–H and O–H groups in total. The van der Waals surface area contributed by atoms with Crippen molar-refractivity contribution in [2.24, 2.45) is 0 Å². The second-order valence-corrected chi connectivity index (χ2v) is 8.36. The van der Waals surface area contributed by atoms with Crippen LogP contribution in [0.1, 0.15) is 43.0 Å². The third-order valence-corrected chi connectivity index (χ3v) is 6.36. The van der Waals surface area contributed by atoms with Crippen molar-refractivity contribution in [1.29, 1.82) is 0 Å². The quantitative estimate of drug-likeness (QED) is 0.659. The minimum Gasteiger partial charge on any atom is -0.486 e. The summed E-state index contributed by atoms with van der Waals surface area (Å²) < 4.78 is 11.4. The van der Waals surface area contributed by atoms with Crippen LogP contribution in [-0.4, -0.2) is 37.1 Å². The number of likely N-dealkylation sites (tertiary alicyclic amines) is 1. The molecule has 0 spiro atoms. The van der Waals surface area contributed by atoms with Gasteiger partial charge in [0.05, 0.1) is 12.6 Å². The highest BCUT2D eigenvalue weighted by Gasteiger charge is 2.30. The van der Waals surface area contributed by atoms with Crippen LogP contribution in [-0.2, 0) is 4.79 Å². The number of amides is 1. The Bertz CT molecular complexity index is 1100. The maximum Gasteiger partial charge on any atom is 0.237 e. The molecule has 0 aliphatic carbocycles. The molecule has 5 heteroatoms. The Morgan fingerprint density at radius 2 is 1.84 bits per heavy atom. The molecule has 5 rings (SSSR count). The number of ether oxygens (including phenoxy) is 2. The average molecular weight is 417 g/mol. The Morgan fingerprint density at radius 3 is 2.71 bits per heavy atom. The number of carbonyl (C=O) groups excluding carboxylic acids is 1. The maximum absolute atomic E-state index is 13.1. The van der Waals surface area contributed by atoms with Crippen LogP contribution in [0.4, 0.5) is 0 Å². The number of rotatable bonds is 5.